The predicted octanol–water partition coefficient (Wildman–Crippen LogP) is 16.9. The van der Waals surface area contributed by atoms with Gasteiger partial charge in [0.2, 0.25) is 0 Å². The summed E-state index contributed by atoms with van der Waals surface area (Å²) in [4.78, 5) is 16.7. The monoisotopic (exact) mass is 939 g/mol. The van der Waals surface area contributed by atoms with E-state index in [0.29, 0.717) is 29.0 Å². The van der Waals surface area contributed by atoms with Gasteiger partial charge in [0.15, 0.2) is 17.5 Å². The zero-order valence-electron chi connectivity index (χ0n) is 43.1. The van der Waals surface area contributed by atoms with E-state index in [-0.39, 0.29) is 10.8 Å². The molecule has 10 aromatic rings. The molecule has 3 aromatic heterocycles. The van der Waals surface area contributed by atoms with Crippen molar-refractivity contribution < 1.29 is 0 Å². The fourth-order valence-corrected chi connectivity index (χ4v) is 10.8. The quantitative estimate of drug-likeness (QED) is 0.145. The smallest absolute Gasteiger partial charge is 0.166 e. The average Bonchev–Trinajstić information content (AvgIpc) is 3.88. The van der Waals surface area contributed by atoms with Crippen LogP contribution in [0, 0.1) is 24.2 Å². The Balaban J connectivity index is 1.24. The normalized spacial score (nSPS) is 13.8. The highest BCUT2D eigenvalue weighted by molar-refractivity contribution is 6.10. The van der Waals surface area contributed by atoms with Gasteiger partial charge < -0.3 is 9.13 Å². The van der Waals surface area contributed by atoms with Crippen LogP contribution in [-0.4, -0.2) is 24.1 Å². The Kier molecular flexibility index (Phi) is 11.7. The van der Waals surface area contributed by atoms with E-state index in [0.717, 1.165) is 97.9 Å². The van der Waals surface area contributed by atoms with Crippen LogP contribution < -0.4 is 0 Å². The van der Waals surface area contributed by atoms with Crippen LogP contribution in [-0.2, 0) is 23.7 Å². The fraction of sp³-hybridized carbons (Fsp3) is 0.242. The van der Waals surface area contributed by atoms with E-state index in [1.165, 1.54) is 33.2 Å². The summed E-state index contributed by atoms with van der Waals surface area (Å²) < 4.78 is 4.83. The minimum absolute atomic E-state index is 0.0918. The fourth-order valence-electron chi connectivity index (χ4n) is 10.8. The SMILES string of the molecule is CCCCc1cc(-c2nc(-c3cc(C)cc(C(C)(C)C)c3)nc(-c3cc(-c4ccccc4-n4c5ccccc5c5ccccc54)ccc3-n3c4c(c5cc(C#N)ccc53)C=CC(C)C4)n2)cc(C(C)(C)C)c1. The molecule has 0 N–H and O–H groups in total. The molecule has 0 radical (unpaired) electrons. The summed E-state index contributed by atoms with van der Waals surface area (Å²) in [5.41, 5.74) is 18.1. The number of hydrogen-bond donors (Lipinski definition) is 0. The largest absolute Gasteiger partial charge is 0.312 e. The molecule has 0 saturated heterocycles. The standard InChI is InChI=1S/C66H62N6/c1-10-11-18-43-34-47(38-49(35-43)66(7,8)9)63-68-62(46-31-42(3)32-48(37-46)65(4,5)6)69-64(70-63)55-39-45(27-30-60(55)72-59-29-26-44(40-67)36-54(59)53-28-25-41(2)33-61(53)72)50-19-12-15-22-56(50)71-57-23-16-13-20-51(57)52-21-14-17-24-58(52)71/h12-17,19-32,34-39,41H,10-11,18,33H2,1-9H3. The molecule has 0 amide bonds. The second kappa shape index (κ2) is 18.1. The van der Waals surface area contributed by atoms with Crippen LogP contribution in [0.2, 0.25) is 0 Å². The van der Waals surface area contributed by atoms with Crippen molar-refractivity contribution >= 4 is 38.8 Å². The van der Waals surface area contributed by atoms with E-state index in [4.69, 9.17) is 15.0 Å². The molecule has 11 rings (SSSR count). The van der Waals surface area contributed by atoms with Crippen molar-refractivity contribution in [2.45, 2.75) is 98.8 Å². The van der Waals surface area contributed by atoms with Crippen molar-refractivity contribution in [1.29, 1.82) is 5.26 Å². The van der Waals surface area contributed by atoms with E-state index in [1.54, 1.807) is 0 Å². The molecular weight excluding hydrogens is 877 g/mol. The van der Waals surface area contributed by atoms with E-state index in [9.17, 15) is 5.26 Å². The number of aryl methyl sites for hydroxylation is 2. The average molecular weight is 939 g/mol. The number of allylic oxidation sites excluding steroid dienone is 1. The van der Waals surface area contributed by atoms with Crippen molar-refractivity contribution in [3.63, 3.8) is 0 Å². The lowest BCUT2D eigenvalue weighted by Crippen LogP contribution is -2.13. The second-order valence-corrected chi connectivity index (χ2v) is 22.1. The summed E-state index contributed by atoms with van der Waals surface area (Å²) in [5.74, 6) is 2.20. The first kappa shape index (κ1) is 46.5. The molecular formula is C66H62N6. The van der Waals surface area contributed by atoms with Crippen LogP contribution in [0.5, 0.6) is 0 Å². The number of nitriles is 1. The molecule has 0 spiro atoms. The highest BCUT2D eigenvalue weighted by Gasteiger charge is 2.27. The lowest BCUT2D eigenvalue weighted by atomic mass is 9.84. The van der Waals surface area contributed by atoms with Crippen LogP contribution in [0.3, 0.4) is 0 Å². The lowest BCUT2D eigenvalue weighted by molar-refractivity contribution is 0.589. The molecule has 1 aliphatic rings. The molecule has 3 heterocycles. The van der Waals surface area contributed by atoms with Gasteiger partial charge in [-0.05, 0) is 138 Å². The number of benzene rings is 7. The first-order chi connectivity index (χ1) is 34.7. The molecule has 6 heteroatoms. The molecule has 1 aliphatic carbocycles. The van der Waals surface area contributed by atoms with Crippen LogP contribution in [0.15, 0.2) is 152 Å². The van der Waals surface area contributed by atoms with Gasteiger partial charge in [-0.25, -0.2) is 15.0 Å². The minimum atomic E-state index is -0.0926. The first-order valence-electron chi connectivity index (χ1n) is 25.7. The van der Waals surface area contributed by atoms with Crippen molar-refractivity contribution in [3.05, 3.63) is 191 Å². The van der Waals surface area contributed by atoms with Crippen molar-refractivity contribution in [1.82, 2.24) is 24.1 Å². The van der Waals surface area contributed by atoms with Crippen LogP contribution in [0.25, 0.3) is 95.5 Å². The van der Waals surface area contributed by atoms with Crippen molar-refractivity contribution in [2.75, 3.05) is 0 Å². The van der Waals surface area contributed by atoms with Gasteiger partial charge in [-0.15, -0.1) is 0 Å². The van der Waals surface area contributed by atoms with Gasteiger partial charge in [-0.2, -0.15) is 5.26 Å². The molecule has 356 valence electrons. The maximum Gasteiger partial charge on any atom is 0.166 e. The van der Waals surface area contributed by atoms with E-state index >= 15 is 0 Å². The molecule has 72 heavy (non-hydrogen) atoms. The lowest BCUT2D eigenvalue weighted by Gasteiger charge is -2.22. The summed E-state index contributed by atoms with van der Waals surface area (Å²) >= 11 is 0. The van der Waals surface area contributed by atoms with Gasteiger partial charge in [0, 0.05) is 49.7 Å². The van der Waals surface area contributed by atoms with Crippen molar-refractivity contribution in [3.8, 4) is 62.7 Å². The zero-order valence-corrected chi connectivity index (χ0v) is 43.1. The number of hydrogen-bond acceptors (Lipinski definition) is 4. The number of aromatic nitrogens is 5. The highest BCUT2D eigenvalue weighted by atomic mass is 15.1. The zero-order chi connectivity index (χ0) is 50.1. The van der Waals surface area contributed by atoms with E-state index < -0.39 is 0 Å². The Morgan fingerprint density at radius 1 is 0.583 bits per heavy atom. The minimum Gasteiger partial charge on any atom is -0.312 e. The van der Waals surface area contributed by atoms with Crippen molar-refractivity contribution in [2.24, 2.45) is 5.92 Å². The summed E-state index contributed by atoms with van der Waals surface area (Å²) in [7, 11) is 0. The highest BCUT2D eigenvalue weighted by Crippen LogP contribution is 2.43. The molecule has 0 aliphatic heterocycles. The number of para-hydroxylation sites is 3. The Morgan fingerprint density at radius 2 is 1.19 bits per heavy atom. The summed E-state index contributed by atoms with van der Waals surface area (Å²) in [6.07, 6.45) is 8.58. The molecule has 0 bridgehead atoms. The summed E-state index contributed by atoms with van der Waals surface area (Å²) in [5, 5.41) is 13.6. The summed E-state index contributed by atoms with van der Waals surface area (Å²) in [6, 6.07) is 55.2. The first-order valence-corrected chi connectivity index (χ1v) is 25.7. The molecule has 1 unspecified atom stereocenters. The number of fused-ring (bicyclic) bond motifs is 6. The predicted molar refractivity (Wildman–Crippen MR) is 300 cm³/mol. The Morgan fingerprint density at radius 3 is 1.88 bits per heavy atom. The third-order valence-corrected chi connectivity index (χ3v) is 14.6. The topological polar surface area (TPSA) is 72.3 Å². The number of rotatable bonds is 9. The number of nitrogens with zero attached hydrogens (tertiary/aromatic N) is 6. The Hall–Kier alpha value is -7.88. The van der Waals surface area contributed by atoms with Crippen LogP contribution in [0.4, 0.5) is 0 Å². The molecule has 0 fully saturated rings. The molecule has 6 nitrogen and oxygen atoms in total. The van der Waals surface area contributed by atoms with E-state index in [1.807, 2.05) is 12.1 Å². The van der Waals surface area contributed by atoms with Gasteiger partial charge in [0.05, 0.1) is 39.6 Å². The van der Waals surface area contributed by atoms with Gasteiger partial charge in [0.1, 0.15) is 0 Å². The molecule has 0 saturated carbocycles. The molecule has 1 atom stereocenters. The third kappa shape index (κ3) is 8.41. The maximum absolute atomic E-state index is 10.1. The van der Waals surface area contributed by atoms with Gasteiger partial charge in [-0.3, -0.25) is 0 Å². The van der Waals surface area contributed by atoms with E-state index in [2.05, 4.69) is 223 Å². The summed E-state index contributed by atoms with van der Waals surface area (Å²) in [6.45, 7) is 20.3. The van der Waals surface area contributed by atoms with Crippen LogP contribution >= 0.6 is 0 Å². The third-order valence-electron chi connectivity index (χ3n) is 14.6. The second-order valence-electron chi connectivity index (χ2n) is 22.1. The number of unbranched alkanes of at least 4 members (excludes halogenated alkanes) is 1. The maximum atomic E-state index is 10.1. The van der Waals surface area contributed by atoms with Gasteiger partial charge in [-0.1, -0.05) is 152 Å². The Labute approximate surface area is 424 Å². The van der Waals surface area contributed by atoms with Gasteiger partial charge >= 0.3 is 0 Å². The Bertz CT molecular complexity index is 3780. The van der Waals surface area contributed by atoms with Crippen LogP contribution in [0.1, 0.15) is 107 Å². The van der Waals surface area contributed by atoms with Gasteiger partial charge in [0.25, 0.3) is 0 Å². The molecule has 7 aromatic carbocycles.